The van der Waals surface area contributed by atoms with Crippen LogP contribution >= 0.6 is 0 Å². The number of aromatic nitrogens is 2. The van der Waals surface area contributed by atoms with Crippen molar-refractivity contribution in [3.63, 3.8) is 0 Å². The fourth-order valence-corrected chi connectivity index (χ4v) is 5.30. The highest BCUT2D eigenvalue weighted by atomic mass is 32.2. The average Bonchev–Trinajstić information content (AvgIpc) is 3.21. The number of hydrogen-bond donors (Lipinski definition) is 1. The van der Waals surface area contributed by atoms with Crippen molar-refractivity contribution in [3.05, 3.63) is 73.1 Å². The fraction of sp³-hybridized carbons (Fsp3) is 0.286. The highest BCUT2D eigenvalue weighted by Crippen LogP contribution is 2.28. The van der Waals surface area contributed by atoms with Crippen LogP contribution < -0.4 is 10.4 Å². The van der Waals surface area contributed by atoms with Crippen LogP contribution in [-0.4, -0.2) is 56.9 Å². The third-order valence-corrected chi connectivity index (χ3v) is 8.83. The van der Waals surface area contributed by atoms with Crippen molar-refractivity contribution in [2.24, 2.45) is 0 Å². The molecular formula is C28H34BN3O3S. The molecule has 0 radical (unpaired) electrons. The Morgan fingerprint density at radius 3 is 2.25 bits per heavy atom. The van der Waals surface area contributed by atoms with Crippen molar-refractivity contribution in [3.8, 4) is 11.1 Å². The van der Waals surface area contributed by atoms with Gasteiger partial charge in [0.25, 0.3) is 0 Å². The van der Waals surface area contributed by atoms with E-state index in [0.717, 1.165) is 27.7 Å². The predicted octanol–water partition coefficient (Wildman–Crippen LogP) is 3.85. The quantitative estimate of drug-likeness (QED) is 0.292. The van der Waals surface area contributed by atoms with Gasteiger partial charge in [-0.05, 0) is 74.9 Å². The normalized spacial score (nSPS) is 14.0. The smallest absolute Gasteiger partial charge is 0.311 e. The molecule has 1 atom stereocenters. The average molecular weight is 503 g/mol. The van der Waals surface area contributed by atoms with Crippen LogP contribution in [0.1, 0.15) is 27.7 Å². The third kappa shape index (κ3) is 4.94. The van der Waals surface area contributed by atoms with Crippen LogP contribution in [0.15, 0.2) is 78.0 Å². The molecule has 6 nitrogen and oxygen atoms in total. The lowest BCUT2D eigenvalue weighted by molar-refractivity contribution is -0.0893. The SMILES string of the molecule is C=S(=O)(c1ccccc1)n1cc(BOC(C)(C)C(C)(C)O)c2cc(-c3ccc(N(C)C)cc3)cnc21. The lowest BCUT2D eigenvalue weighted by Gasteiger charge is -2.37. The predicted molar refractivity (Wildman–Crippen MR) is 153 cm³/mol. The first-order chi connectivity index (χ1) is 16.8. The number of nitrogens with zero attached hydrogens (tertiary/aromatic N) is 3. The van der Waals surface area contributed by atoms with Gasteiger partial charge in [-0.3, -0.25) is 3.97 Å². The van der Waals surface area contributed by atoms with Gasteiger partial charge in [0.15, 0.2) is 5.65 Å². The molecule has 4 aromatic rings. The molecule has 0 aliphatic rings. The molecule has 2 aromatic heterocycles. The van der Waals surface area contributed by atoms with E-state index in [1.165, 1.54) is 0 Å². The zero-order valence-corrected chi connectivity index (χ0v) is 22.7. The summed E-state index contributed by atoms with van der Waals surface area (Å²) >= 11 is 0. The molecule has 1 N–H and O–H groups in total. The van der Waals surface area contributed by atoms with Gasteiger partial charge in [0.1, 0.15) is 0 Å². The second-order valence-corrected chi connectivity index (χ2v) is 12.5. The Morgan fingerprint density at radius 2 is 1.67 bits per heavy atom. The van der Waals surface area contributed by atoms with Gasteiger partial charge in [-0.15, -0.1) is 0 Å². The molecule has 0 amide bonds. The van der Waals surface area contributed by atoms with Gasteiger partial charge in [0.05, 0.1) is 25.8 Å². The maximum Gasteiger partial charge on any atom is 0.311 e. The molecule has 2 heterocycles. The Kier molecular flexibility index (Phi) is 6.81. The number of benzene rings is 2. The second-order valence-electron chi connectivity index (χ2n) is 10.3. The van der Waals surface area contributed by atoms with Crippen LogP contribution in [-0.2, 0) is 14.4 Å². The molecule has 188 valence electrons. The van der Waals surface area contributed by atoms with Crippen molar-refractivity contribution in [1.82, 2.24) is 8.96 Å². The monoisotopic (exact) mass is 503 g/mol. The van der Waals surface area contributed by atoms with E-state index in [9.17, 15) is 9.32 Å². The van der Waals surface area contributed by atoms with Crippen LogP contribution in [0.4, 0.5) is 5.69 Å². The van der Waals surface area contributed by atoms with Crippen molar-refractivity contribution in [2.75, 3.05) is 19.0 Å². The van der Waals surface area contributed by atoms with E-state index in [-0.39, 0.29) is 7.48 Å². The van der Waals surface area contributed by atoms with Crippen LogP contribution in [0.25, 0.3) is 22.2 Å². The third-order valence-electron chi connectivity index (χ3n) is 6.90. The molecule has 1 unspecified atom stereocenters. The van der Waals surface area contributed by atoms with Crippen LogP contribution in [0.5, 0.6) is 0 Å². The van der Waals surface area contributed by atoms with Crippen molar-refractivity contribution >= 4 is 45.2 Å². The minimum Gasteiger partial charge on any atom is -0.427 e. The molecular weight excluding hydrogens is 469 g/mol. The Morgan fingerprint density at radius 1 is 1.03 bits per heavy atom. The Balaban J connectivity index is 1.84. The Labute approximate surface area is 215 Å². The molecule has 0 bridgehead atoms. The molecule has 0 saturated heterocycles. The second kappa shape index (κ2) is 9.43. The first kappa shape index (κ1) is 26.0. The number of anilines is 1. The van der Waals surface area contributed by atoms with Crippen molar-refractivity contribution in [2.45, 2.75) is 43.8 Å². The van der Waals surface area contributed by atoms with Crippen LogP contribution in [0.3, 0.4) is 0 Å². The lowest BCUT2D eigenvalue weighted by Crippen LogP contribution is -2.49. The summed E-state index contributed by atoms with van der Waals surface area (Å²) in [5.74, 6) is 4.09. The van der Waals surface area contributed by atoms with Crippen molar-refractivity contribution in [1.29, 1.82) is 0 Å². The highest BCUT2D eigenvalue weighted by molar-refractivity contribution is 7.99. The molecule has 0 aliphatic carbocycles. The Bertz CT molecular complexity index is 1470. The van der Waals surface area contributed by atoms with Gasteiger partial charge in [-0.2, -0.15) is 0 Å². The van der Waals surface area contributed by atoms with E-state index in [1.54, 1.807) is 24.0 Å². The summed E-state index contributed by atoms with van der Waals surface area (Å²) in [6, 6.07) is 19.5. The molecule has 2 aromatic carbocycles. The van der Waals surface area contributed by atoms with Crippen molar-refractivity contribution < 1.29 is 14.0 Å². The minimum absolute atomic E-state index is 0.218. The molecule has 0 spiro atoms. The van der Waals surface area contributed by atoms with Gasteiger partial charge in [0, 0.05) is 43.1 Å². The standard InChI is InChI=1S/C28H34BN3O3S/c1-27(2,33)28(3,4)35-29-25-19-32(36(7,34)23-11-9-8-10-12-23)26-24(25)17-21(18-30-26)20-13-15-22(16-14-20)31(5)6/h8-19,29,33H,7H2,1-6H3. The first-order valence-corrected chi connectivity index (χ1v) is 13.6. The topological polar surface area (TPSA) is 67.6 Å². The largest absolute Gasteiger partial charge is 0.427 e. The van der Waals surface area contributed by atoms with Gasteiger partial charge in [-0.1, -0.05) is 30.3 Å². The molecule has 4 rings (SSSR count). The molecule has 36 heavy (non-hydrogen) atoms. The summed E-state index contributed by atoms with van der Waals surface area (Å²) in [5.41, 5.74) is 2.64. The van der Waals surface area contributed by atoms with Crippen LogP contribution in [0.2, 0.25) is 0 Å². The molecule has 0 aliphatic heterocycles. The summed E-state index contributed by atoms with van der Waals surface area (Å²) in [4.78, 5) is 7.43. The number of rotatable bonds is 8. The van der Waals surface area contributed by atoms with E-state index >= 15 is 0 Å². The number of pyridine rings is 1. The maximum atomic E-state index is 14.0. The van der Waals surface area contributed by atoms with Gasteiger partial charge >= 0.3 is 7.48 Å². The first-order valence-electron chi connectivity index (χ1n) is 11.9. The van der Waals surface area contributed by atoms with Gasteiger partial charge in [-0.25, -0.2) is 9.19 Å². The van der Waals surface area contributed by atoms with E-state index in [0.29, 0.717) is 10.5 Å². The summed E-state index contributed by atoms with van der Waals surface area (Å²) in [6.07, 6.45) is 3.62. The van der Waals surface area contributed by atoms with Gasteiger partial charge < -0.3 is 14.7 Å². The summed E-state index contributed by atoms with van der Waals surface area (Å²) in [6.45, 7) is 7.17. The number of aliphatic hydroxyl groups is 1. The number of fused-ring (bicyclic) bond motifs is 1. The molecule has 8 heteroatoms. The van der Waals surface area contributed by atoms with Gasteiger partial charge in [0.2, 0.25) is 0 Å². The summed E-state index contributed by atoms with van der Waals surface area (Å²) in [5, 5.41) is 11.4. The Hall–Kier alpha value is -3.07. The minimum atomic E-state index is -2.88. The molecule has 0 fully saturated rings. The summed E-state index contributed by atoms with van der Waals surface area (Å²) < 4.78 is 21.8. The van der Waals surface area contributed by atoms with Crippen LogP contribution in [0, 0.1) is 0 Å². The van der Waals surface area contributed by atoms with E-state index in [2.05, 4.69) is 41.1 Å². The van der Waals surface area contributed by atoms with E-state index in [1.807, 2.05) is 64.5 Å². The summed E-state index contributed by atoms with van der Waals surface area (Å²) in [7, 11) is 1.36. The zero-order valence-electron chi connectivity index (χ0n) is 21.9. The highest BCUT2D eigenvalue weighted by Gasteiger charge is 2.36. The lowest BCUT2D eigenvalue weighted by atomic mass is 9.82. The van der Waals surface area contributed by atoms with E-state index < -0.39 is 20.9 Å². The zero-order chi connectivity index (χ0) is 26.3. The van der Waals surface area contributed by atoms with E-state index in [4.69, 9.17) is 9.64 Å². The fourth-order valence-electron chi connectivity index (χ4n) is 3.77. The molecule has 0 saturated carbocycles. The maximum absolute atomic E-state index is 14.0. The number of hydrogen-bond acceptors (Lipinski definition) is 5.